The van der Waals surface area contributed by atoms with E-state index in [-0.39, 0.29) is 23.1 Å². The van der Waals surface area contributed by atoms with Crippen LogP contribution < -0.4 is 11.0 Å². The molecule has 0 spiro atoms. The molecule has 3 rings (SSSR count). The summed E-state index contributed by atoms with van der Waals surface area (Å²) in [7, 11) is 0. The lowest BCUT2D eigenvalue weighted by molar-refractivity contribution is -0.138. The summed E-state index contributed by atoms with van der Waals surface area (Å²) < 4.78 is 6.32. The Kier molecular flexibility index (Phi) is 5.66. The minimum atomic E-state index is -0.318. The predicted molar refractivity (Wildman–Crippen MR) is 92.3 cm³/mol. The molecule has 132 valence electrons. The van der Waals surface area contributed by atoms with Crippen molar-refractivity contribution in [1.29, 1.82) is 0 Å². The number of piperidine rings is 1. The third kappa shape index (κ3) is 4.38. The van der Waals surface area contributed by atoms with E-state index in [9.17, 15) is 14.7 Å². The minimum Gasteiger partial charge on any atom is -0.506 e. The van der Waals surface area contributed by atoms with Crippen molar-refractivity contribution in [2.45, 2.75) is 45.3 Å². The van der Waals surface area contributed by atoms with Gasteiger partial charge in [0.15, 0.2) is 0 Å². The second-order valence-electron chi connectivity index (χ2n) is 6.78. The maximum Gasteiger partial charge on any atom is 0.326 e. The number of aromatic amines is 1. The van der Waals surface area contributed by atoms with E-state index in [4.69, 9.17) is 0 Å². The van der Waals surface area contributed by atoms with Gasteiger partial charge in [-0.3, -0.25) is 9.36 Å². The number of hydrogen-bond acceptors (Lipinski definition) is 5. The molecule has 0 bridgehead atoms. The van der Waals surface area contributed by atoms with Crippen LogP contribution in [-0.4, -0.2) is 39.8 Å². The fraction of sp³-hybridized carbons (Fsp3) is 0.529. The van der Waals surface area contributed by atoms with E-state index in [1.165, 1.54) is 0 Å². The molecular formula is C17H25N3O4. The standard InChI is InChI=1S/C12H15N3O2.C5H10O2/c16-10-3-1-2-9-11(10)14-12(17)15(9)8-4-6-13-7-5-8;1-5(2,3)7-4-6/h1-3,8,13,16H,4-7H2,(H,14,17);4H,1-3H3. The second kappa shape index (κ2) is 7.53. The van der Waals surface area contributed by atoms with Gasteiger partial charge in [0.05, 0.1) is 5.52 Å². The normalized spacial score (nSPS) is 15.6. The number of hydrogen-bond donors (Lipinski definition) is 3. The van der Waals surface area contributed by atoms with Gasteiger partial charge in [0, 0.05) is 6.04 Å². The molecule has 2 aromatic rings. The Labute approximate surface area is 140 Å². The zero-order valence-corrected chi connectivity index (χ0v) is 14.3. The Hall–Kier alpha value is -2.28. The van der Waals surface area contributed by atoms with E-state index in [0.29, 0.717) is 12.0 Å². The fourth-order valence-electron chi connectivity index (χ4n) is 2.71. The highest BCUT2D eigenvalue weighted by Crippen LogP contribution is 2.26. The van der Waals surface area contributed by atoms with Gasteiger partial charge in [0.25, 0.3) is 6.47 Å². The number of rotatable bonds is 2. The maximum absolute atomic E-state index is 12.0. The second-order valence-corrected chi connectivity index (χ2v) is 6.78. The molecule has 0 aliphatic carbocycles. The van der Waals surface area contributed by atoms with Gasteiger partial charge in [-0.05, 0) is 58.8 Å². The number of phenols is 1. The molecule has 1 aliphatic rings. The van der Waals surface area contributed by atoms with Gasteiger partial charge in [0.1, 0.15) is 16.9 Å². The van der Waals surface area contributed by atoms with Crippen molar-refractivity contribution in [3.63, 3.8) is 0 Å². The van der Waals surface area contributed by atoms with E-state index in [0.717, 1.165) is 31.4 Å². The van der Waals surface area contributed by atoms with Crippen molar-refractivity contribution in [1.82, 2.24) is 14.9 Å². The number of phenolic OH excluding ortho intramolecular Hbond substituents is 1. The molecule has 1 saturated heterocycles. The lowest BCUT2D eigenvalue weighted by Gasteiger charge is -2.23. The first-order chi connectivity index (χ1) is 11.3. The molecule has 3 N–H and O–H groups in total. The average molecular weight is 335 g/mol. The van der Waals surface area contributed by atoms with Crippen LogP contribution in [0.2, 0.25) is 0 Å². The number of benzene rings is 1. The number of aromatic nitrogens is 2. The molecule has 1 aromatic carbocycles. The third-order valence-corrected chi connectivity index (χ3v) is 3.81. The Morgan fingerprint density at radius 3 is 2.50 bits per heavy atom. The highest BCUT2D eigenvalue weighted by atomic mass is 16.5. The van der Waals surface area contributed by atoms with Gasteiger partial charge >= 0.3 is 5.69 Å². The zero-order valence-electron chi connectivity index (χ0n) is 14.3. The first-order valence-corrected chi connectivity index (χ1v) is 8.08. The van der Waals surface area contributed by atoms with Gasteiger partial charge in [-0.15, -0.1) is 0 Å². The molecule has 0 unspecified atom stereocenters. The molecule has 7 heteroatoms. The number of fused-ring (bicyclic) bond motifs is 1. The van der Waals surface area contributed by atoms with Crippen molar-refractivity contribution in [2.75, 3.05) is 13.1 Å². The molecule has 0 atom stereocenters. The van der Waals surface area contributed by atoms with Crippen LogP contribution in [-0.2, 0) is 9.53 Å². The summed E-state index contributed by atoms with van der Waals surface area (Å²) in [4.78, 5) is 24.3. The summed E-state index contributed by atoms with van der Waals surface area (Å²) in [6, 6.07) is 5.45. The van der Waals surface area contributed by atoms with E-state index in [1.54, 1.807) is 16.7 Å². The van der Waals surface area contributed by atoms with Crippen molar-refractivity contribution in [2.24, 2.45) is 0 Å². The summed E-state index contributed by atoms with van der Waals surface area (Å²) in [5.41, 5.74) is 0.883. The van der Waals surface area contributed by atoms with Crippen LogP contribution in [0.4, 0.5) is 0 Å². The van der Waals surface area contributed by atoms with Gasteiger partial charge < -0.3 is 20.1 Å². The van der Waals surface area contributed by atoms with E-state index >= 15 is 0 Å². The molecule has 0 radical (unpaired) electrons. The largest absolute Gasteiger partial charge is 0.506 e. The van der Waals surface area contributed by atoms with Crippen LogP contribution in [0.15, 0.2) is 23.0 Å². The molecule has 0 amide bonds. The maximum atomic E-state index is 12.0. The predicted octanol–water partition coefficient (Wildman–Crippen LogP) is 1.92. The van der Waals surface area contributed by atoms with Gasteiger partial charge in [-0.1, -0.05) is 6.07 Å². The highest BCUT2D eigenvalue weighted by Gasteiger charge is 2.20. The Morgan fingerprint density at radius 2 is 1.96 bits per heavy atom. The summed E-state index contributed by atoms with van der Waals surface area (Å²) in [5, 5.41) is 13.0. The molecular weight excluding hydrogens is 310 g/mol. The van der Waals surface area contributed by atoms with Crippen molar-refractivity contribution < 1.29 is 14.6 Å². The van der Waals surface area contributed by atoms with Crippen molar-refractivity contribution in [3.8, 4) is 5.75 Å². The zero-order chi connectivity index (χ0) is 17.7. The smallest absolute Gasteiger partial charge is 0.326 e. The molecule has 1 aliphatic heterocycles. The molecule has 7 nitrogen and oxygen atoms in total. The number of carbonyl (C=O) groups is 1. The van der Waals surface area contributed by atoms with Gasteiger partial charge in [0.2, 0.25) is 0 Å². The van der Waals surface area contributed by atoms with Crippen molar-refractivity contribution >= 4 is 17.5 Å². The minimum absolute atomic E-state index is 0.131. The Balaban J connectivity index is 0.000000256. The van der Waals surface area contributed by atoms with Crippen molar-refractivity contribution in [3.05, 3.63) is 28.7 Å². The number of aromatic hydroxyl groups is 1. The average Bonchev–Trinajstić information content (AvgIpc) is 2.85. The quantitative estimate of drug-likeness (QED) is 0.729. The highest BCUT2D eigenvalue weighted by molar-refractivity contribution is 5.81. The van der Waals surface area contributed by atoms with Gasteiger partial charge in [-0.25, -0.2) is 4.79 Å². The molecule has 1 fully saturated rings. The topological polar surface area (TPSA) is 96.3 Å². The third-order valence-electron chi connectivity index (χ3n) is 3.81. The fourth-order valence-corrected chi connectivity index (χ4v) is 2.71. The number of nitrogens with one attached hydrogen (secondary N) is 2. The summed E-state index contributed by atoms with van der Waals surface area (Å²) >= 11 is 0. The Morgan fingerprint density at radius 1 is 1.29 bits per heavy atom. The first-order valence-electron chi connectivity index (χ1n) is 8.08. The lowest BCUT2D eigenvalue weighted by atomic mass is 10.1. The van der Waals surface area contributed by atoms with Crippen LogP contribution in [0.1, 0.15) is 39.7 Å². The van der Waals surface area contributed by atoms with E-state index in [1.807, 2.05) is 26.8 Å². The van der Waals surface area contributed by atoms with E-state index in [2.05, 4.69) is 15.0 Å². The van der Waals surface area contributed by atoms with Crippen LogP contribution in [0, 0.1) is 0 Å². The number of carbonyl (C=O) groups excluding carboxylic acids is 1. The number of para-hydroxylation sites is 1. The Bertz CT molecular complexity index is 736. The van der Waals surface area contributed by atoms with Crippen LogP contribution in [0.5, 0.6) is 5.75 Å². The number of H-pyrrole nitrogens is 1. The monoisotopic (exact) mass is 335 g/mol. The van der Waals surface area contributed by atoms with E-state index < -0.39 is 0 Å². The lowest BCUT2D eigenvalue weighted by Crippen LogP contribution is -2.33. The summed E-state index contributed by atoms with van der Waals surface area (Å²) in [6.45, 7) is 7.79. The SMILES string of the molecule is CC(C)(C)OC=O.O=c1[nH]c2c(O)cccc2n1C1CCNCC1. The number of ether oxygens (including phenoxy) is 1. The van der Waals surface area contributed by atoms with Crippen LogP contribution in [0.3, 0.4) is 0 Å². The number of nitrogens with zero attached hydrogens (tertiary/aromatic N) is 1. The summed E-state index contributed by atoms with van der Waals surface area (Å²) in [5.74, 6) is 0.132. The van der Waals surface area contributed by atoms with Crippen LogP contribution >= 0.6 is 0 Å². The van der Waals surface area contributed by atoms with Gasteiger partial charge in [-0.2, -0.15) is 0 Å². The molecule has 2 heterocycles. The van der Waals surface area contributed by atoms with Crippen LogP contribution in [0.25, 0.3) is 11.0 Å². The summed E-state index contributed by atoms with van der Waals surface area (Å²) in [6.07, 6.45) is 1.89. The molecule has 24 heavy (non-hydrogen) atoms. The number of imidazole rings is 1. The molecule has 1 aromatic heterocycles. The molecule has 0 saturated carbocycles. The first kappa shape index (κ1) is 18.1.